The summed E-state index contributed by atoms with van der Waals surface area (Å²) < 4.78 is 10.3. The third-order valence-electron chi connectivity index (χ3n) is 4.18. The van der Waals surface area contributed by atoms with E-state index in [0.29, 0.717) is 11.1 Å². The van der Waals surface area contributed by atoms with Crippen molar-refractivity contribution in [1.82, 2.24) is 0 Å². The maximum atomic E-state index is 12.2. The van der Waals surface area contributed by atoms with Crippen LogP contribution in [0.4, 0.5) is 0 Å². The smallest absolute Gasteiger partial charge is 0.337 e. The molecule has 4 nitrogen and oxygen atoms in total. The molecule has 23 heavy (non-hydrogen) atoms. The number of hydrogen-bond acceptors (Lipinski definition) is 4. The Morgan fingerprint density at radius 1 is 1.13 bits per heavy atom. The van der Waals surface area contributed by atoms with Gasteiger partial charge in [0.15, 0.2) is 5.60 Å². The van der Waals surface area contributed by atoms with Crippen LogP contribution in [0.15, 0.2) is 60.2 Å². The second kappa shape index (κ2) is 5.89. The summed E-state index contributed by atoms with van der Waals surface area (Å²) in [6.45, 7) is 1.75. The Labute approximate surface area is 135 Å². The zero-order valence-electron chi connectivity index (χ0n) is 13.1. The van der Waals surface area contributed by atoms with Crippen LogP contribution in [0, 0.1) is 0 Å². The summed E-state index contributed by atoms with van der Waals surface area (Å²) in [7, 11) is 1.60. The lowest BCUT2D eigenvalue weighted by Gasteiger charge is -2.23. The molecule has 1 aliphatic heterocycles. The van der Waals surface area contributed by atoms with Crippen molar-refractivity contribution in [3.05, 3.63) is 71.3 Å². The number of allylic oxidation sites excluding steroid dienone is 1. The van der Waals surface area contributed by atoms with Crippen molar-refractivity contribution < 1.29 is 19.4 Å². The SMILES string of the molecule is COc1ccc(/C(C)=C2/C(=O)OCC2(O)c2ccccc2)cc1. The first-order valence-corrected chi connectivity index (χ1v) is 7.37. The van der Waals surface area contributed by atoms with Crippen molar-refractivity contribution in [3.63, 3.8) is 0 Å². The third-order valence-corrected chi connectivity index (χ3v) is 4.18. The lowest BCUT2D eigenvalue weighted by Crippen LogP contribution is -2.29. The third kappa shape index (κ3) is 2.62. The molecule has 1 aliphatic rings. The van der Waals surface area contributed by atoms with E-state index in [1.54, 1.807) is 19.2 Å². The molecule has 2 aromatic rings. The molecule has 3 rings (SSSR count). The number of carbonyl (C=O) groups excluding carboxylic acids is 1. The highest BCUT2D eigenvalue weighted by Gasteiger charge is 2.46. The van der Waals surface area contributed by atoms with Crippen LogP contribution in [0.1, 0.15) is 18.1 Å². The van der Waals surface area contributed by atoms with E-state index < -0.39 is 11.6 Å². The fraction of sp³-hybridized carbons (Fsp3) is 0.211. The molecule has 118 valence electrons. The number of cyclic esters (lactones) is 1. The predicted octanol–water partition coefficient (Wildman–Crippen LogP) is 2.91. The van der Waals surface area contributed by atoms with Gasteiger partial charge >= 0.3 is 5.97 Å². The summed E-state index contributed by atoms with van der Waals surface area (Å²) >= 11 is 0. The van der Waals surface area contributed by atoms with Crippen molar-refractivity contribution in [2.24, 2.45) is 0 Å². The van der Waals surface area contributed by atoms with Crippen molar-refractivity contribution in [2.75, 3.05) is 13.7 Å². The largest absolute Gasteiger partial charge is 0.497 e. The Morgan fingerprint density at radius 2 is 1.78 bits per heavy atom. The number of methoxy groups -OCH3 is 1. The number of aliphatic hydroxyl groups is 1. The molecular formula is C19H18O4. The molecule has 0 amide bonds. The average molecular weight is 310 g/mol. The number of ether oxygens (including phenoxy) is 2. The van der Waals surface area contributed by atoms with Crippen LogP contribution in [0.2, 0.25) is 0 Å². The van der Waals surface area contributed by atoms with Crippen LogP contribution in [0.5, 0.6) is 5.75 Å². The van der Waals surface area contributed by atoms with Gasteiger partial charge in [0.2, 0.25) is 0 Å². The molecule has 0 aliphatic carbocycles. The van der Waals surface area contributed by atoms with Crippen LogP contribution in [0.3, 0.4) is 0 Å². The predicted molar refractivity (Wildman–Crippen MR) is 86.9 cm³/mol. The first-order valence-electron chi connectivity index (χ1n) is 7.37. The second-order valence-electron chi connectivity index (χ2n) is 5.53. The minimum atomic E-state index is -1.43. The molecule has 1 fully saturated rings. The Morgan fingerprint density at radius 3 is 2.39 bits per heavy atom. The fourth-order valence-electron chi connectivity index (χ4n) is 2.87. The summed E-state index contributed by atoms with van der Waals surface area (Å²) in [4.78, 5) is 12.2. The van der Waals surface area contributed by atoms with E-state index >= 15 is 0 Å². The first kappa shape index (κ1) is 15.3. The minimum Gasteiger partial charge on any atom is -0.497 e. The topological polar surface area (TPSA) is 55.8 Å². The van der Waals surface area contributed by atoms with Crippen LogP contribution in [-0.4, -0.2) is 24.8 Å². The van der Waals surface area contributed by atoms with Crippen molar-refractivity contribution in [1.29, 1.82) is 0 Å². The molecule has 1 heterocycles. The molecule has 4 heteroatoms. The van der Waals surface area contributed by atoms with Gasteiger partial charge in [-0.25, -0.2) is 4.79 Å². The molecular weight excluding hydrogens is 292 g/mol. The van der Waals surface area contributed by atoms with E-state index in [2.05, 4.69) is 0 Å². The lowest BCUT2D eigenvalue weighted by atomic mass is 9.84. The van der Waals surface area contributed by atoms with Gasteiger partial charge in [-0.2, -0.15) is 0 Å². The molecule has 1 atom stereocenters. The molecule has 1 saturated heterocycles. The Kier molecular flexibility index (Phi) is 3.92. The monoisotopic (exact) mass is 310 g/mol. The highest BCUT2D eigenvalue weighted by Crippen LogP contribution is 2.40. The first-order chi connectivity index (χ1) is 11.1. The molecule has 0 aromatic heterocycles. The van der Waals surface area contributed by atoms with Crippen LogP contribution >= 0.6 is 0 Å². The zero-order chi connectivity index (χ0) is 16.4. The highest BCUT2D eigenvalue weighted by atomic mass is 16.6. The molecule has 0 radical (unpaired) electrons. The molecule has 1 N–H and O–H groups in total. The fourth-order valence-corrected chi connectivity index (χ4v) is 2.87. The maximum Gasteiger partial charge on any atom is 0.337 e. The van der Waals surface area contributed by atoms with E-state index in [1.807, 2.05) is 49.4 Å². The van der Waals surface area contributed by atoms with Gasteiger partial charge in [-0.1, -0.05) is 42.5 Å². The van der Waals surface area contributed by atoms with Gasteiger partial charge in [0.1, 0.15) is 12.4 Å². The summed E-state index contributed by atoms with van der Waals surface area (Å²) in [6.07, 6.45) is 0. The summed E-state index contributed by atoms with van der Waals surface area (Å²) in [5, 5.41) is 11.1. The zero-order valence-corrected chi connectivity index (χ0v) is 13.1. The second-order valence-corrected chi connectivity index (χ2v) is 5.53. The quantitative estimate of drug-likeness (QED) is 0.699. The van der Waals surface area contributed by atoms with Crippen LogP contribution < -0.4 is 4.74 Å². The summed E-state index contributed by atoms with van der Waals surface area (Å²) in [5.41, 5.74) is 1.04. The highest BCUT2D eigenvalue weighted by molar-refractivity contribution is 6.01. The number of rotatable bonds is 3. The normalized spacial score (nSPS) is 22.7. The number of carbonyl (C=O) groups is 1. The molecule has 2 aromatic carbocycles. The van der Waals surface area contributed by atoms with Crippen LogP contribution in [-0.2, 0) is 15.1 Å². The maximum absolute atomic E-state index is 12.2. The van der Waals surface area contributed by atoms with Crippen LogP contribution in [0.25, 0.3) is 5.57 Å². The van der Waals surface area contributed by atoms with Gasteiger partial charge in [-0.15, -0.1) is 0 Å². The van der Waals surface area contributed by atoms with Gasteiger partial charge in [0.05, 0.1) is 12.7 Å². The van der Waals surface area contributed by atoms with Crippen molar-refractivity contribution >= 4 is 11.5 Å². The van der Waals surface area contributed by atoms with Crippen molar-refractivity contribution in [2.45, 2.75) is 12.5 Å². The Balaban J connectivity index is 2.11. The standard InChI is InChI=1S/C19H18O4/c1-13(14-8-10-16(22-2)11-9-14)17-18(20)23-12-19(17,21)15-6-4-3-5-7-15/h3-11,21H,12H2,1-2H3/b17-13-. The van der Waals surface area contributed by atoms with E-state index in [9.17, 15) is 9.90 Å². The van der Waals surface area contributed by atoms with Gasteiger partial charge in [-0.05, 0) is 35.8 Å². The molecule has 0 bridgehead atoms. The van der Waals surface area contributed by atoms with E-state index in [4.69, 9.17) is 9.47 Å². The lowest BCUT2D eigenvalue weighted by molar-refractivity contribution is -0.135. The summed E-state index contributed by atoms with van der Waals surface area (Å²) in [5.74, 6) is 0.253. The van der Waals surface area contributed by atoms with Gasteiger partial charge < -0.3 is 14.6 Å². The molecule has 1 unspecified atom stereocenters. The van der Waals surface area contributed by atoms with E-state index in [1.165, 1.54) is 0 Å². The molecule has 0 spiro atoms. The minimum absolute atomic E-state index is 0.0708. The van der Waals surface area contributed by atoms with Gasteiger partial charge in [-0.3, -0.25) is 0 Å². The summed E-state index contributed by atoms with van der Waals surface area (Å²) in [6, 6.07) is 16.5. The Hall–Kier alpha value is -2.59. The average Bonchev–Trinajstić information content (AvgIpc) is 2.91. The number of benzene rings is 2. The van der Waals surface area contributed by atoms with Gasteiger partial charge in [0, 0.05) is 0 Å². The van der Waals surface area contributed by atoms with E-state index in [0.717, 1.165) is 11.3 Å². The van der Waals surface area contributed by atoms with Gasteiger partial charge in [0.25, 0.3) is 0 Å². The molecule has 0 saturated carbocycles. The number of hydrogen-bond donors (Lipinski definition) is 1. The number of esters is 1. The van der Waals surface area contributed by atoms with E-state index in [-0.39, 0.29) is 12.2 Å². The Bertz CT molecular complexity index is 747. The van der Waals surface area contributed by atoms with Crippen molar-refractivity contribution in [3.8, 4) is 5.75 Å².